The number of nitrogens with zero attached hydrogens (tertiary/aromatic N) is 5. The van der Waals surface area contributed by atoms with Crippen LogP contribution < -0.4 is 10.5 Å². The summed E-state index contributed by atoms with van der Waals surface area (Å²) in [5.41, 5.74) is 2.69. The quantitative estimate of drug-likeness (QED) is 0.679. The first-order valence-electron chi connectivity index (χ1n) is 9.47. The first kappa shape index (κ1) is 18.8. The van der Waals surface area contributed by atoms with Crippen LogP contribution in [0.5, 0.6) is 0 Å². The van der Waals surface area contributed by atoms with E-state index in [4.69, 9.17) is 11.6 Å². The first-order chi connectivity index (χ1) is 13.6. The number of rotatable bonds is 4. The highest BCUT2D eigenvalue weighted by Gasteiger charge is 2.23. The van der Waals surface area contributed by atoms with Crippen molar-refractivity contribution in [2.45, 2.75) is 13.5 Å². The third-order valence-corrected chi connectivity index (χ3v) is 5.73. The van der Waals surface area contributed by atoms with Crippen LogP contribution in [0.3, 0.4) is 0 Å². The summed E-state index contributed by atoms with van der Waals surface area (Å²) < 4.78 is 3.50. The lowest BCUT2D eigenvalue weighted by Crippen LogP contribution is -2.46. The molecular weight excluding hydrogens is 374 g/mol. The Labute approximate surface area is 169 Å². The van der Waals surface area contributed by atoms with Crippen LogP contribution in [0.25, 0.3) is 5.69 Å². The molecule has 0 bridgehead atoms. The van der Waals surface area contributed by atoms with E-state index in [0.29, 0.717) is 11.6 Å². The van der Waals surface area contributed by atoms with Gasteiger partial charge in [-0.2, -0.15) is 0 Å². The number of benzene rings is 1. The zero-order valence-corrected chi connectivity index (χ0v) is 16.9. The van der Waals surface area contributed by atoms with Gasteiger partial charge < -0.3 is 4.90 Å². The van der Waals surface area contributed by atoms with Gasteiger partial charge in [-0.1, -0.05) is 35.9 Å². The largest absolute Gasteiger partial charge is 0.354 e. The Bertz CT molecular complexity index is 1020. The fourth-order valence-corrected chi connectivity index (χ4v) is 4.05. The molecule has 1 aliphatic rings. The second-order valence-electron chi connectivity index (χ2n) is 7.14. The maximum atomic E-state index is 12.7. The van der Waals surface area contributed by atoms with E-state index in [1.54, 1.807) is 4.68 Å². The van der Waals surface area contributed by atoms with Gasteiger partial charge in [0.15, 0.2) is 0 Å². The second-order valence-corrected chi connectivity index (χ2v) is 7.52. The maximum Gasteiger partial charge on any atom is 0.290 e. The van der Waals surface area contributed by atoms with Crippen molar-refractivity contribution in [3.8, 4) is 5.69 Å². The molecule has 7 heteroatoms. The van der Waals surface area contributed by atoms with Gasteiger partial charge in [-0.25, -0.2) is 9.67 Å². The van der Waals surface area contributed by atoms with Crippen LogP contribution in [-0.4, -0.2) is 45.4 Å². The van der Waals surface area contributed by atoms with E-state index in [2.05, 4.69) is 27.8 Å². The Morgan fingerprint density at radius 1 is 1.04 bits per heavy atom. The van der Waals surface area contributed by atoms with Crippen LogP contribution in [0.15, 0.2) is 53.5 Å². The highest BCUT2D eigenvalue weighted by atomic mass is 35.5. The van der Waals surface area contributed by atoms with Crippen molar-refractivity contribution >= 4 is 17.4 Å². The average Bonchev–Trinajstić information content (AvgIpc) is 2.93. The predicted octanol–water partition coefficient (Wildman–Crippen LogP) is 2.86. The summed E-state index contributed by atoms with van der Waals surface area (Å²) in [6, 6.07) is 13.7. The van der Waals surface area contributed by atoms with Crippen LogP contribution in [-0.2, 0) is 13.6 Å². The number of hydrogen-bond acceptors (Lipinski definition) is 4. The number of anilines is 1. The van der Waals surface area contributed by atoms with E-state index in [-0.39, 0.29) is 5.56 Å². The highest BCUT2D eigenvalue weighted by molar-refractivity contribution is 6.31. The molecule has 1 saturated heterocycles. The summed E-state index contributed by atoms with van der Waals surface area (Å²) >= 11 is 6.43. The lowest BCUT2D eigenvalue weighted by atomic mass is 10.2. The third-order valence-electron chi connectivity index (χ3n) is 5.35. The first-order valence-corrected chi connectivity index (χ1v) is 9.85. The summed E-state index contributed by atoms with van der Waals surface area (Å²) in [6.07, 6.45) is 1.84. The van der Waals surface area contributed by atoms with Crippen molar-refractivity contribution in [1.29, 1.82) is 0 Å². The van der Waals surface area contributed by atoms with Gasteiger partial charge in [0.25, 0.3) is 5.56 Å². The molecule has 6 nitrogen and oxygen atoms in total. The average molecular weight is 398 g/mol. The molecular formula is C21H24ClN5O. The minimum atomic E-state index is -0.173. The zero-order valence-electron chi connectivity index (χ0n) is 16.2. The number of piperazine rings is 1. The van der Waals surface area contributed by atoms with Crippen molar-refractivity contribution in [2.75, 3.05) is 31.1 Å². The molecule has 0 unspecified atom stereocenters. The number of aryl methyl sites for hydroxylation is 1. The monoisotopic (exact) mass is 397 g/mol. The summed E-state index contributed by atoms with van der Waals surface area (Å²) in [5.74, 6) is 1.06. The molecule has 1 aliphatic heterocycles. The van der Waals surface area contributed by atoms with Gasteiger partial charge in [-0.15, -0.1) is 0 Å². The molecule has 4 rings (SSSR count). The Kier molecular flexibility index (Phi) is 5.24. The molecule has 1 fully saturated rings. The van der Waals surface area contributed by atoms with Gasteiger partial charge >= 0.3 is 0 Å². The Morgan fingerprint density at radius 3 is 2.43 bits per heavy atom. The van der Waals surface area contributed by atoms with Crippen LogP contribution >= 0.6 is 11.6 Å². The number of aromatic nitrogens is 3. The van der Waals surface area contributed by atoms with Gasteiger partial charge in [-0.3, -0.25) is 14.4 Å². The second kappa shape index (κ2) is 7.81. The minimum Gasteiger partial charge on any atom is -0.354 e. The van der Waals surface area contributed by atoms with Crippen molar-refractivity contribution in [3.05, 3.63) is 75.3 Å². The predicted molar refractivity (Wildman–Crippen MR) is 112 cm³/mol. The van der Waals surface area contributed by atoms with Crippen molar-refractivity contribution in [1.82, 2.24) is 19.2 Å². The number of para-hydroxylation sites is 1. The fraction of sp³-hybridized carbons (Fsp3) is 0.333. The molecule has 0 saturated carbocycles. The van der Waals surface area contributed by atoms with E-state index in [0.717, 1.165) is 43.4 Å². The van der Waals surface area contributed by atoms with Crippen molar-refractivity contribution in [2.24, 2.45) is 7.05 Å². The molecule has 146 valence electrons. The number of hydrogen-bond donors (Lipinski definition) is 0. The summed E-state index contributed by atoms with van der Waals surface area (Å²) in [6.45, 7) is 6.36. The van der Waals surface area contributed by atoms with E-state index < -0.39 is 0 Å². The Morgan fingerprint density at radius 2 is 1.75 bits per heavy atom. The van der Waals surface area contributed by atoms with Crippen LogP contribution in [0, 0.1) is 6.92 Å². The van der Waals surface area contributed by atoms with E-state index in [1.165, 1.54) is 5.56 Å². The minimum absolute atomic E-state index is 0.173. The smallest absolute Gasteiger partial charge is 0.290 e. The SMILES string of the molecule is Cc1cccnc1N1CCN(Cc2c(Cl)c(=O)n(-c3ccccc3)n2C)CC1. The molecule has 0 amide bonds. The van der Waals surface area contributed by atoms with Crippen molar-refractivity contribution < 1.29 is 0 Å². The van der Waals surface area contributed by atoms with Gasteiger partial charge in [0.2, 0.25) is 0 Å². The molecule has 0 radical (unpaired) electrons. The normalized spacial score (nSPS) is 15.2. The molecule has 1 aromatic carbocycles. The number of halogens is 1. The zero-order chi connectivity index (χ0) is 19.7. The lowest BCUT2D eigenvalue weighted by Gasteiger charge is -2.36. The van der Waals surface area contributed by atoms with Crippen molar-refractivity contribution in [3.63, 3.8) is 0 Å². The summed E-state index contributed by atoms with van der Waals surface area (Å²) in [4.78, 5) is 21.9. The molecule has 0 spiro atoms. The highest BCUT2D eigenvalue weighted by Crippen LogP contribution is 2.21. The van der Waals surface area contributed by atoms with E-state index in [9.17, 15) is 4.79 Å². The van der Waals surface area contributed by atoms with Gasteiger partial charge in [0, 0.05) is 46.0 Å². The fourth-order valence-electron chi connectivity index (χ4n) is 3.78. The maximum absolute atomic E-state index is 12.7. The summed E-state index contributed by atoms with van der Waals surface area (Å²) in [7, 11) is 1.89. The Balaban J connectivity index is 1.51. The number of pyridine rings is 1. The molecule has 0 aliphatic carbocycles. The molecule has 0 atom stereocenters. The van der Waals surface area contributed by atoms with E-state index in [1.807, 2.05) is 54.3 Å². The third kappa shape index (κ3) is 3.45. The van der Waals surface area contributed by atoms with Crippen LogP contribution in [0.2, 0.25) is 5.02 Å². The van der Waals surface area contributed by atoms with Gasteiger partial charge in [-0.05, 0) is 30.7 Å². The summed E-state index contributed by atoms with van der Waals surface area (Å²) in [5, 5.41) is 0.300. The standard InChI is InChI=1S/C21H24ClN5O/c1-16-7-6-10-23-20(16)26-13-11-25(12-14-26)15-18-19(22)21(28)27(24(18)2)17-8-4-3-5-9-17/h3-10H,11-15H2,1-2H3. The van der Waals surface area contributed by atoms with Crippen LogP contribution in [0.1, 0.15) is 11.3 Å². The van der Waals surface area contributed by atoms with Crippen LogP contribution in [0.4, 0.5) is 5.82 Å². The van der Waals surface area contributed by atoms with E-state index >= 15 is 0 Å². The Hall–Kier alpha value is -2.57. The molecule has 28 heavy (non-hydrogen) atoms. The van der Waals surface area contributed by atoms with Gasteiger partial charge in [0.05, 0.1) is 11.4 Å². The topological polar surface area (TPSA) is 46.3 Å². The van der Waals surface area contributed by atoms with Gasteiger partial charge in [0.1, 0.15) is 10.8 Å². The molecule has 0 N–H and O–H groups in total. The molecule has 2 aromatic heterocycles. The molecule has 3 heterocycles. The molecule has 3 aromatic rings. The lowest BCUT2D eigenvalue weighted by molar-refractivity contribution is 0.242.